The first-order chi connectivity index (χ1) is 10.3. The molecule has 1 aromatic carbocycles. The van der Waals surface area contributed by atoms with Crippen molar-refractivity contribution < 1.29 is 4.79 Å². The van der Waals surface area contributed by atoms with Gasteiger partial charge in [0.2, 0.25) is 5.91 Å². The van der Waals surface area contributed by atoms with Crippen LogP contribution in [0.4, 0.5) is 0 Å². The van der Waals surface area contributed by atoms with Gasteiger partial charge in [-0.1, -0.05) is 37.1 Å². The predicted octanol–water partition coefficient (Wildman–Crippen LogP) is 2.74. The van der Waals surface area contributed by atoms with E-state index in [1.165, 1.54) is 36.1 Å². The summed E-state index contributed by atoms with van der Waals surface area (Å²) in [5.74, 6) is 1.39. The Hall–Kier alpha value is -1.00. The molecule has 3 nitrogen and oxygen atoms in total. The zero-order chi connectivity index (χ0) is 14.9. The van der Waals surface area contributed by atoms with E-state index in [4.69, 9.17) is 0 Å². The number of hydrogen-bond donors (Lipinski definition) is 2. The maximum absolute atomic E-state index is 12.2. The van der Waals surface area contributed by atoms with Gasteiger partial charge >= 0.3 is 0 Å². The van der Waals surface area contributed by atoms with Crippen LogP contribution in [0.15, 0.2) is 24.3 Å². The van der Waals surface area contributed by atoms with Gasteiger partial charge in [0.15, 0.2) is 0 Å². The molecule has 1 aliphatic heterocycles. The van der Waals surface area contributed by atoms with Crippen molar-refractivity contribution in [2.75, 3.05) is 18.6 Å². The third-order valence-corrected chi connectivity index (χ3v) is 4.67. The van der Waals surface area contributed by atoms with E-state index in [1.54, 1.807) is 0 Å². The average molecular weight is 306 g/mol. The second-order valence-electron chi connectivity index (χ2n) is 5.60. The molecule has 0 aromatic heterocycles. The van der Waals surface area contributed by atoms with Crippen molar-refractivity contribution in [3.63, 3.8) is 0 Å². The Kier molecular flexibility index (Phi) is 7.10. The number of carbonyl (C=O) groups is 1. The number of fused-ring (bicyclic) bond motifs is 1. The standard InChI is InChI=1S/C17H26N2OS/c1-21-11-7-3-2-6-10-18-17(20)16-12-14-8-4-5-9-15(14)13-19-16/h4-5,8-9,16,19H,2-3,6-7,10-13H2,1H3,(H,18,20). The predicted molar refractivity (Wildman–Crippen MR) is 90.6 cm³/mol. The molecule has 1 aromatic rings. The highest BCUT2D eigenvalue weighted by atomic mass is 32.2. The number of nitrogens with one attached hydrogen (secondary N) is 2. The van der Waals surface area contributed by atoms with E-state index in [0.717, 1.165) is 25.9 Å². The summed E-state index contributed by atoms with van der Waals surface area (Å²) < 4.78 is 0. The van der Waals surface area contributed by atoms with Gasteiger partial charge in [-0.3, -0.25) is 4.79 Å². The van der Waals surface area contributed by atoms with Gasteiger partial charge in [-0.05, 0) is 42.4 Å². The van der Waals surface area contributed by atoms with Crippen molar-refractivity contribution >= 4 is 17.7 Å². The normalized spacial score (nSPS) is 17.3. The molecule has 0 bridgehead atoms. The number of rotatable bonds is 8. The Morgan fingerprint density at radius 2 is 2.00 bits per heavy atom. The fraction of sp³-hybridized carbons (Fsp3) is 0.588. The first-order valence-electron chi connectivity index (χ1n) is 7.88. The van der Waals surface area contributed by atoms with Crippen LogP contribution >= 0.6 is 11.8 Å². The minimum Gasteiger partial charge on any atom is -0.355 e. The Bertz CT molecular complexity index is 450. The fourth-order valence-corrected chi connectivity index (χ4v) is 3.19. The summed E-state index contributed by atoms with van der Waals surface area (Å²) in [6.45, 7) is 1.60. The SMILES string of the molecule is CSCCCCCCNC(=O)C1Cc2ccccc2CN1. The van der Waals surface area contributed by atoms with Crippen LogP contribution in [0.1, 0.15) is 36.8 Å². The van der Waals surface area contributed by atoms with E-state index in [0.29, 0.717) is 0 Å². The second kappa shape index (κ2) is 9.11. The summed E-state index contributed by atoms with van der Waals surface area (Å²) in [4.78, 5) is 12.2. The minimum atomic E-state index is -0.0728. The number of unbranched alkanes of at least 4 members (excludes halogenated alkanes) is 3. The molecular formula is C17H26N2OS. The van der Waals surface area contributed by atoms with Crippen molar-refractivity contribution in [2.45, 2.75) is 44.7 Å². The highest BCUT2D eigenvalue weighted by Gasteiger charge is 2.23. The lowest BCUT2D eigenvalue weighted by Gasteiger charge is -2.25. The number of amides is 1. The molecule has 1 atom stereocenters. The lowest BCUT2D eigenvalue weighted by atomic mass is 9.95. The summed E-state index contributed by atoms with van der Waals surface area (Å²) in [6.07, 6.45) is 7.80. The quantitative estimate of drug-likeness (QED) is 0.726. The minimum absolute atomic E-state index is 0.0728. The third kappa shape index (κ3) is 5.36. The summed E-state index contributed by atoms with van der Waals surface area (Å²) in [6, 6.07) is 8.29. The third-order valence-electron chi connectivity index (χ3n) is 3.97. The number of carbonyl (C=O) groups excluding carboxylic acids is 1. The Balaban J connectivity index is 1.64. The lowest BCUT2D eigenvalue weighted by molar-refractivity contribution is -0.123. The Labute approximate surface area is 132 Å². The molecule has 0 spiro atoms. The van der Waals surface area contributed by atoms with Gasteiger partial charge in [0.25, 0.3) is 0 Å². The molecule has 2 N–H and O–H groups in total. The molecule has 4 heteroatoms. The Morgan fingerprint density at radius 1 is 1.24 bits per heavy atom. The van der Waals surface area contributed by atoms with Crippen LogP contribution in [-0.4, -0.2) is 30.5 Å². The van der Waals surface area contributed by atoms with E-state index >= 15 is 0 Å². The molecule has 0 saturated heterocycles. The van der Waals surface area contributed by atoms with Crippen molar-refractivity contribution in [3.8, 4) is 0 Å². The summed E-state index contributed by atoms with van der Waals surface area (Å²) in [5, 5.41) is 6.40. The lowest BCUT2D eigenvalue weighted by Crippen LogP contribution is -2.47. The molecule has 1 amide bonds. The van der Waals surface area contributed by atoms with Crippen molar-refractivity contribution in [2.24, 2.45) is 0 Å². The molecule has 1 aliphatic rings. The van der Waals surface area contributed by atoms with E-state index in [1.807, 2.05) is 17.8 Å². The maximum Gasteiger partial charge on any atom is 0.237 e. The molecule has 2 rings (SSSR count). The van der Waals surface area contributed by atoms with Crippen LogP contribution in [0, 0.1) is 0 Å². The van der Waals surface area contributed by atoms with Gasteiger partial charge in [-0.25, -0.2) is 0 Å². The summed E-state index contributed by atoms with van der Waals surface area (Å²) >= 11 is 1.91. The van der Waals surface area contributed by atoms with Crippen molar-refractivity contribution in [1.29, 1.82) is 0 Å². The van der Waals surface area contributed by atoms with Crippen LogP contribution in [0.3, 0.4) is 0 Å². The van der Waals surface area contributed by atoms with Crippen LogP contribution < -0.4 is 10.6 Å². The summed E-state index contributed by atoms with van der Waals surface area (Å²) in [5.41, 5.74) is 2.61. The van der Waals surface area contributed by atoms with Crippen LogP contribution in [0.2, 0.25) is 0 Å². The van der Waals surface area contributed by atoms with Gasteiger partial charge in [-0.2, -0.15) is 11.8 Å². The van der Waals surface area contributed by atoms with Gasteiger partial charge in [-0.15, -0.1) is 0 Å². The molecule has 1 unspecified atom stereocenters. The molecular weight excluding hydrogens is 280 g/mol. The number of benzene rings is 1. The summed E-state index contributed by atoms with van der Waals surface area (Å²) in [7, 11) is 0. The fourth-order valence-electron chi connectivity index (χ4n) is 2.70. The zero-order valence-electron chi connectivity index (χ0n) is 12.9. The van der Waals surface area contributed by atoms with Gasteiger partial charge in [0.1, 0.15) is 0 Å². The molecule has 0 saturated carbocycles. The first kappa shape index (κ1) is 16.4. The molecule has 1 heterocycles. The molecule has 0 radical (unpaired) electrons. The smallest absolute Gasteiger partial charge is 0.237 e. The van der Waals surface area contributed by atoms with Crippen molar-refractivity contribution in [1.82, 2.24) is 10.6 Å². The van der Waals surface area contributed by atoms with Gasteiger partial charge < -0.3 is 10.6 Å². The van der Waals surface area contributed by atoms with E-state index in [-0.39, 0.29) is 11.9 Å². The molecule has 21 heavy (non-hydrogen) atoms. The first-order valence-corrected chi connectivity index (χ1v) is 9.27. The van der Waals surface area contributed by atoms with Crippen molar-refractivity contribution in [3.05, 3.63) is 35.4 Å². The van der Waals surface area contributed by atoms with Crippen LogP contribution in [0.5, 0.6) is 0 Å². The largest absolute Gasteiger partial charge is 0.355 e. The molecule has 116 valence electrons. The molecule has 0 fully saturated rings. The monoisotopic (exact) mass is 306 g/mol. The van der Waals surface area contributed by atoms with Gasteiger partial charge in [0.05, 0.1) is 6.04 Å². The highest BCUT2D eigenvalue weighted by molar-refractivity contribution is 7.98. The number of hydrogen-bond acceptors (Lipinski definition) is 3. The molecule has 0 aliphatic carbocycles. The highest BCUT2D eigenvalue weighted by Crippen LogP contribution is 2.16. The van der Waals surface area contributed by atoms with E-state index in [9.17, 15) is 4.79 Å². The van der Waals surface area contributed by atoms with E-state index < -0.39 is 0 Å². The van der Waals surface area contributed by atoms with Gasteiger partial charge in [0, 0.05) is 13.1 Å². The van der Waals surface area contributed by atoms with Crippen LogP contribution in [-0.2, 0) is 17.8 Å². The average Bonchev–Trinajstić information content (AvgIpc) is 2.53. The Morgan fingerprint density at radius 3 is 2.81 bits per heavy atom. The van der Waals surface area contributed by atoms with E-state index in [2.05, 4.69) is 35.1 Å². The second-order valence-corrected chi connectivity index (χ2v) is 6.59. The topological polar surface area (TPSA) is 41.1 Å². The van der Waals surface area contributed by atoms with Crippen LogP contribution in [0.25, 0.3) is 0 Å². The number of thioether (sulfide) groups is 1. The zero-order valence-corrected chi connectivity index (χ0v) is 13.7. The maximum atomic E-state index is 12.2.